The molecule has 2 aromatic rings. The average molecular weight is 512 g/mol. The van der Waals surface area contributed by atoms with Crippen LogP contribution in [0.3, 0.4) is 0 Å². The molecule has 5 nitrogen and oxygen atoms in total. The van der Waals surface area contributed by atoms with E-state index >= 15 is 0 Å². The Hall–Kier alpha value is -1.44. The maximum Gasteiger partial charge on any atom is 0.264 e. The molecule has 3 rings (SSSR count). The van der Waals surface area contributed by atoms with E-state index in [4.69, 9.17) is 23.2 Å². The molecule has 1 fully saturated rings. The molecule has 2 aromatic carbocycles. The number of hydrogen-bond acceptors (Lipinski definition) is 4. The molecule has 0 bridgehead atoms. The molecule has 8 heteroatoms. The predicted molar refractivity (Wildman–Crippen MR) is 134 cm³/mol. The monoisotopic (exact) mass is 511 g/mol. The van der Waals surface area contributed by atoms with Crippen molar-refractivity contribution in [2.75, 3.05) is 25.4 Å². The van der Waals surface area contributed by atoms with Crippen LogP contribution in [-0.4, -0.2) is 49.0 Å². The molecule has 1 N–H and O–H groups in total. The molecule has 1 aliphatic rings. The lowest BCUT2D eigenvalue weighted by atomic mass is 9.76. The summed E-state index contributed by atoms with van der Waals surface area (Å²) in [4.78, 5) is 15.1. The average Bonchev–Trinajstić information content (AvgIpc) is 3.12. The summed E-state index contributed by atoms with van der Waals surface area (Å²) in [6.07, 6.45) is 1.62. The lowest BCUT2D eigenvalue weighted by Crippen LogP contribution is -2.34. The number of ketones is 1. The summed E-state index contributed by atoms with van der Waals surface area (Å²) in [6, 6.07) is 13.3. The smallest absolute Gasteiger partial charge is 0.264 e. The molecular formula is C25H31Cl2NO4S. The van der Waals surface area contributed by atoms with E-state index in [1.807, 2.05) is 36.4 Å². The highest BCUT2D eigenvalue weighted by Gasteiger charge is 2.40. The second-order valence-corrected chi connectivity index (χ2v) is 12.4. The number of halogens is 2. The second kappa shape index (κ2) is 10.0. The van der Waals surface area contributed by atoms with Crippen LogP contribution in [0, 0.1) is 0 Å². The molecule has 0 amide bonds. The van der Waals surface area contributed by atoms with E-state index in [0.29, 0.717) is 41.5 Å². The molecule has 1 atom stereocenters. The highest BCUT2D eigenvalue weighted by molar-refractivity contribution is 7.85. The molecule has 0 aliphatic carbocycles. The first kappa shape index (κ1) is 26.2. The summed E-state index contributed by atoms with van der Waals surface area (Å²) in [7, 11) is -4.04. The van der Waals surface area contributed by atoms with Crippen molar-refractivity contribution >= 4 is 39.1 Å². The molecule has 180 valence electrons. The topological polar surface area (TPSA) is 74.7 Å². The fourth-order valence-electron chi connectivity index (χ4n) is 4.55. The third kappa shape index (κ3) is 6.80. The minimum absolute atomic E-state index is 0.0258. The minimum Gasteiger partial charge on any atom is -0.295 e. The quantitative estimate of drug-likeness (QED) is 0.358. The van der Waals surface area contributed by atoms with E-state index in [-0.39, 0.29) is 28.9 Å². The Kier molecular flexibility index (Phi) is 7.97. The fourth-order valence-corrected chi connectivity index (χ4v) is 5.35. The summed E-state index contributed by atoms with van der Waals surface area (Å²) >= 11 is 12.4. The number of carbonyl (C=O) groups excluding carboxylic acids is 1. The van der Waals surface area contributed by atoms with E-state index in [1.54, 1.807) is 6.07 Å². The van der Waals surface area contributed by atoms with Crippen LogP contribution in [0.5, 0.6) is 0 Å². The largest absolute Gasteiger partial charge is 0.295 e. The molecule has 0 spiro atoms. The van der Waals surface area contributed by atoms with Gasteiger partial charge in [0, 0.05) is 17.5 Å². The van der Waals surface area contributed by atoms with Crippen molar-refractivity contribution in [3.63, 3.8) is 0 Å². The predicted octanol–water partition coefficient (Wildman–Crippen LogP) is 5.79. The summed E-state index contributed by atoms with van der Waals surface area (Å²) in [5.74, 6) is -0.242. The van der Waals surface area contributed by atoms with E-state index in [1.165, 1.54) is 5.56 Å². The Balaban J connectivity index is 1.76. The molecule has 0 saturated carbocycles. The highest BCUT2D eigenvalue weighted by atomic mass is 35.5. The fraction of sp³-hybridized carbons (Fsp3) is 0.480. The number of carbonyl (C=O) groups is 1. The van der Waals surface area contributed by atoms with Crippen molar-refractivity contribution in [2.45, 2.75) is 50.9 Å². The van der Waals surface area contributed by atoms with Gasteiger partial charge in [-0.15, -0.1) is 0 Å². The van der Waals surface area contributed by atoms with Gasteiger partial charge in [-0.1, -0.05) is 74.3 Å². The van der Waals surface area contributed by atoms with Gasteiger partial charge >= 0.3 is 0 Å². The zero-order valence-electron chi connectivity index (χ0n) is 19.3. The minimum atomic E-state index is -4.04. The Morgan fingerprint density at radius 3 is 2.33 bits per heavy atom. The highest BCUT2D eigenvalue weighted by Crippen LogP contribution is 2.41. The number of benzene rings is 2. The van der Waals surface area contributed by atoms with E-state index in [0.717, 1.165) is 12.0 Å². The van der Waals surface area contributed by atoms with Crippen LogP contribution in [0.2, 0.25) is 10.0 Å². The molecule has 1 heterocycles. The van der Waals surface area contributed by atoms with Gasteiger partial charge < -0.3 is 0 Å². The lowest BCUT2D eigenvalue weighted by molar-refractivity contribution is 0.0941. The van der Waals surface area contributed by atoms with Crippen molar-refractivity contribution < 1.29 is 17.8 Å². The zero-order valence-corrected chi connectivity index (χ0v) is 21.6. The third-order valence-electron chi connectivity index (χ3n) is 6.46. The van der Waals surface area contributed by atoms with Crippen molar-refractivity contribution in [2.24, 2.45) is 0 Å². The first-order valence-electron chi connectivity index (χ1n) is 11.1. The van der Waals surface area contributed by atoms with Gasteiger partial charge in [-0.3, -0.25) is 14.2 Å². The third-order valence-corrected chi connectivity index (χ3v) is 8.01. The van der Waals surface area contributed by atoms with Crippen molar-refractivity contribution in [3.8, 4) is 0 Å². The van der Waals surface area contributed by atoms with Gasteiger partial charge in [-0.25, -0.2) is 0 Å². The van der Waals surface area contributed by atoms with E-state index in [9.17, 15) is 17.8 Å². The van der Waals surface area contributed by atoms with Gasteiger partial charge in [0.1, 0.15) is 0 Å². The SMILES string of the molecule is CC(C)(C)c1ccc(C(=O)CN2CCC(CCCS(=O)(=O)O)(c3ccc(Cl)c(Cl)c3)C2)cc1. The van der Waals surface area contributed by atoms with Crippen LogP contribution >= 0.6 is 23.2 Å². The molecular weight excluding hydrogens is 481 g/mol. The number of nitrogens with zero attached hydrogens (tertiary/aromatic N) is 1. The van der Waals surface area contributed by atoms with Crippen LogP contribution in [0.15, 0.2) is 42.5 Å². The van der Waals surface area contributed by atoms with Gasteiger partial charge in [-0.05, 0) is 54.5 Å². The normalized spacial score (nSPS) is 19.7. The first-order chi connectivity index (χ1) is 15.3. The van der Waals surface area contributed by atoms with Gasteiger partial charge in [0.15, 0.2) is 5.78 Å². The Labute approximate surface area is 206 Å². The van der Waals surface area contributed by atoms with Gasteiger partial charge in [0.05, 0.1) is 22.3 Å². The number of rotatable bonds is 8. The molecule has 1 unspecified atom stereocenters. The maximum absolute atomic E-state index is 13.0. The van der Waals surface area contributed by atoms with E-state index in [2.05, 4.69) is 25.7 Å². The summed E-state index contributed by atoms with van der Waals surface area (Å²) in [6.45, 7) is 8.01. The molecule has 0 aromatic heterocycles. The molecule has 0 radical (unpaired) electrons. The Morgan fingerprint density at radius 2 is 1.76 bits per heavy atom. The molecule has 1 aliphatic heterocycles. The Morgan fingerprint density at radius 1 is 1.09 bits per heavy atom. The number of Topliss-reactive ketones (excluding diaryl/α,β-unsaturated/α-hetero) is 1. The first-order valence-corrected chi connectivity index (χ1v) is 13.4. The van der Waals surface area contributed by atoms with Crippen LogP contribution in [-0.2, 0) is 20.9 Å². The lowest BCUT2D eigenvalue weighted by Gasteiger charge is -2.30. The maximum atomic E-state index is 13.0. The Bertz CT molecular complexity index is 1110. The van der Waals surface area contributed by atoms with Crippen LogP contribution in [0.25, 0.3) is 0 Å². The zero-order chi connectivity index (χ0) is 24.4. The number of hydrogen-bond donors (Lipinski definition) is 1. The summed E-state index contributed by atoms with van der Waals surface area (Å²) in [5, 5.41) is 0.897. The van der Waals surface area contributed by atoms with E-state index < -0.39 is 10.1 Å². The molecule has 33 heavy (non-hydrogen) atoms. The second-order valence-electron chi connectivity index (χ2n) is 10.0. The van der Waals surface area contributed by atoms with Crippen LogP contribution < -0.4 is 0 Å². The van der Waals surface area contributed by atoms with Crippen LogP contribution in [0.4, 0.5) is 0 Å². The number of likely N-dealkylation sites (tertiary alicyclic amines) is 1. The van der Waals surface area contributed by atoms with Crippen molar-refractivity contribution in [1.29, 1.82) is 0 Å². The van der Waals surface area contributed by atoms with Crippen molar-refractivity contribution in [3.05, 3.63) is 69.2 Å². The van der Waals surface area contributed by atoms with Gasteiger partial charge in [0.2, 0.25) is 0 Å². The van der Waals surface area contributed by atoms with Gasteiger partial charge in [-0.2, -0.15) is 8.42 Å². The summed E-state index contributed by atoms with van der Waals surface area (Å²) in [5.41, 5.74) is 2.49. The standard InChI is InChI=1S/C25H31Cl2NO4S/c1-24(2,3)19-7-5-18(6-8-19)23(29)16-28-13-12-25(17-28,11-4-14-33(30,31)32)20-9-10-21(26)22(27)15-20/h5-10,15H,4,11-14,16-17H2,1-3H3,(H,30,31,32). The van der Waals surface area contributed by atoms with Crippen LogP contribution in [0.1, 0.15) is 61.5 Å². The molecule has 1 saturated heterocycles. The summed E-state index contributed by atoms with van der Waals surface area (Å²) < 4.78 is 31.7. The van der Waals surface area contributed by atoms with Gasteiger partial charge in [0.25, 0.3) is 10.1 Å². The van der Waals surface area contributed by atoms with Crippen molar-refractivity contribution in [1.82, 2.24) is 4.90 Å².